The van der Waals surface area contributed by atoms with Crippen molar-refractivity contribution < 1.29 is 4.74 Å². The van der Waals surface area contributed by atoms with Crippen molar-refractivity contribution in [2.75, 3.05) is 19.0 Å². The molecule has 0 spiro atoms. The molecule has 1 aromatic heterocycles. The topological polar surface area (TPSA) is 46.2 Å². The zero-order chi connectivity index (χ0) is 15.9. The van der Waals surface area contributed by atoms with Crippen molar-refractivity contribution in [3.63, 3.8) is 0 Å². The van der Waals surface area contributed by atoms with Crippen molar-refractivity contribution in [3.8, 4) is 5.75 Å². The maximum absolute atomic E-state index is 5.39. The van der Waals surface area contributed by atoms with Crippen LogP contribution < -0.4 is 15.4 Å². The molecule has 0 saturated carbocycles. The Kier molecular flexibility index (Phi) is 6.01. The third-order valence-electron chi connectivity index (χ3n) is 3.68. The third kappa shape index (κ3) is 4.60. The van der Waals surface area contributed by atoms with Crippen LogP contribution in [0.25, 0.3) is 10.9 Å². The Hall–Kier alpha value is -1.81. The van der Waals surface area contributed by atoms with E-state index in [2.05, 4.69) is 42.5 Å². The second kappa shape index (κ2) is 7.99. The second-order valence-electron chi connectivity index (χ2n) is 6.05. The minimum atomic E-state index is 0.395. The van der Waals surface area contributed by atoms with Crippen LogP contribution >= 0.6 is 0 Å². The summed E-state index contributed by atoms with van der Waals surface area (Å²) < 4.78 is 5.39. The number of benzene rings is 1. The van der Waals surface area contributed by atoms with Crippen LogP contribution in [0, 0.1) is 0 Å². The quantitative estimate of drug-likeness (QED) is 0.728. The minimum Gasteiger partial charge on any atom is -0.497 e. The van der Waals surface area contributed by atoms with E-state index in [9.17, 15) is 0 Å². The van der Waals surface area contributed by atoms with Gasteiger partial charge in [-0.25, -0.2) is 0 Å². The van der Waals surface area contributed by atoms with Gasteiger partial charge in [-0.1, -0.05) is 19.9 Å². The minimum absolute atomic E-state index is 0.395. The summed E-state index contributed by atoms with van der Waals surface area (Å²) in [4.78, 5) is 4.50. The first-order valence-electron chi connectivity index (χ1n) is 8.03. The molecular weight excluding hydrogens is 274 g/mol. The molecule has 0 saturated heterocycles. The number of rotatable bonds is 8. The first-order chi connectivity index (χ1) is 10.6. The van der Waals surface area contributed by atoms with Gasteiger partial charge in [-0.2, -0.15) is 0 Å². The van der Waals surface area contributed by atoms with Crippen LogP contribution in [0.4, 0.5) is 5.69 Å². The van der Waals surface area contributed by atoms with Crippen LogP contribution in [0.2, 0.25) is 0 Å². The van der Waals surface area contributed by atoms with Gasteiger partial charge in [-0.05, 0) is 38.4 Å². The lowest BCUT2D eigenvalue weighted by Crippen LogP contribution is -2.25. The number of nitrogens with zero attached hydrogens (tertiary/aromatic N) is 1. The third-order valence-corrected chi connectivity index (χ3v) is 3.68. The summed E-state index contributed by atoms with van der Waals surface area (Å²) >= 11 is 0. The Balaban J connectivity index is 2.03. The Morgan fingerprint density at radius 1 is 1.23 bits per heavy atom. The van der Waals surface area contributed by atoms with E-state index < -0.39 is 0 Å². The predicted molar refractivity (Wildman–Crippen MR) is 93.8 cm³/mol. The van der Waals surface area contributed by atoms with Crippen molar-refractivity contribution in [3.05, 3.63) is 30.5 Å². The molecule has 1 aromatic carbocycles. The Bertz CT molecular complexity index is 598. The molecule has 2 rings (SSSR count). The summed E-state index contributed by atoms with van der Waals surface area (Å²) in [7, 11) is 1.70. The molecule has 22 heavy (non-hydrogen) atoms. The van der Waals surface area contributed by atoms with E-state index >= 15 is 0 Å². The fraction of sp³-hybridized carbons (Fsp3) is 0.500. The zero-order valence-corrected chi connectivity index (χ0v) is 14.0. The number of fused-ring (bicyclic) bond motifs is 1. The van der Waals surface area contributed by atoms with Gasteiger partial charge in [0.1, 0.15) is 5.75 Å². The summed E-state index contributed by atoms with van der Waals surface area (Å²) in [6.07, 6.45) is 4.10. The molecule has 0 fully saturated rings. The first-order valence-corrected chi connectivity index (χ1v) is 8.03. The number of pyridine rings is 1. The van der Waals surface area contributed by atoms with E-state index in [1.54, 1.807) is 7.11 Å². The molecule has 0 radical (unpaired) electrons. The number of hydrogen-bond acceptors (Lipinski definition) is 4. The van der Waals surface area contributed by atoms with Crippen molar-refractivity contribution in [1.82, 2.24) is 10.3 Å². The van der Waals surface area contributed by atoms with E-state index in [1.165, 1.54) is 0 Å². The monoisotopic (exact) mass is 301 g/mol. The van der Waals surface area contributed by atoms with Crippen molar-refractivity contribution in [2.24, 2.45) is 0 Å². The largest absolute Gasteiger partial charge is 0.497 e. The van der Waals surface area contributed by atoms with Crippen LogP contribution in [0.15, 0.2) is 30.5 Å². The van der Waals surface area contributed by atoms with E-state index in [1.807, 2.05) is 24.4 Å². The van der Waals surface area contributed by atoms with Crippen LogP contribution in [0.1, 0.15) is 33.6 Å². The first kappa shape index (κ1) is 16.6. The average Bonchev–Trinajstić information content (AvgIpc) is 2.51. The molecule has 1 heterocycles. The van der Waals surface area contributed by atoms with Gasteiger partial charge in [0.15, 0.2) is 0 Å². The summed E-state index contributed by atoms with van der Waals surface area (Å²) in [6.45, 7) is 7.62. The van der Waals surface area contributed by atoms with Crippen LogP contribution in [0.5, 0.6) is 5.75 Å². The Labute approximate surface area is 133 Å². The number of methoxy groups -OCH3 is 1. The molecule has 1 atom stereocenters. The molecule has 0 bridgehead atoms. The lowest BCUT2D eigenvalue weighted by atomic mass is 10.1. The number of ether oxygens (including phenoxy) is 1. The lowest BCUT2D eigenvalue weighted by Gasteiger charge is -2.18. The fourth-order valence-corrected chi connectivity index (χ4v) is 2.53. The van der Waals surface area contributed by atoms with Crippen LogP contribution in [0.3, 0.4) is 0 Å². The molecule has 0 aliphatic rings. The maximum Gasteiger partial charge on any atom is 0.121 e. The number of anilines is 1. The molecule has 0 unspecified atom stereocenters. The lowest BCUT2D eigenvalue weighted by molar-refractivity contribution is 0.415. The number of aromatic nitrogens is 1. The molecule has 0 aliphatic carbocycles. The van der Waals surface area contributed by atoms with E-state index in [-0.39, 0.29) is 0 Å². The molecular formula is C18H27N3O. The number of nitrogens with one attached hydrogen (secondary N) is 2. The van der Waals surface area contributed by atoms with Gasteiger partial charge >= 0.3 is 0 Å². The van der Waals surface area contributed by atoms with E-state index in [0.717, 1.165) is 41.7 Å². The number of hydrogen-bond donors (Lipinski definition) is 2. The van der Waals surface area contributed by atoms with Gasteiger partial charge < -0.3 is 15.4 Å². The zero-order valence-electron chi connectivity index (χ0n) is 14.0. The molecule has 0 aliphatic heterocycles. The van der Waals surface area contributed by atoms with E-state index in [4.69, 9.17) is 4.74 Å². The smallest absolute Gasteiger partial charge is 0.121 e. The molecule has 120 valence electrons. The average molecular weight is 301 g/mol. The molecule has 4 heteroatoms. The second-order valence-corrected chi connectivity index (χ2v) is 6.05. The fourth-order valence-electron chi connectivity index (χ4n) is 2.53. The highest BCUT2D eigenvalue weighted by Gasteiger charge is 2.09. The molecule has 4 nitrogen and oxygen atoms in total. The van der Waals surface area contributed by atoms with E-state index in [0.29, 0.717) is 12.1 Å². The molecule has 0 amide bonds. The summed E-state index contributed by atoms with van der Waals surface area (Å²) in [5.41, 5.74) is 2.04. The Morgan fingerprint density at radius 2 is 2.05 bits per heavy atom. The van der Waals surface area contributed by atoms with Gasteiger partial charge in [-0.15, -0.1) is 0 Å². The van der Waals surface area contributed by atoms with Crippen molar-refractivity contribution >= 4 is 16.6 Å². The van der Waals surface area contributed by atoms with Gasteiger partial charge in [-0.3, -0.25) is 4.98 Å². The highest BCUT2D eigenvalue weighted by molar-refractivity contribution is 5.91. The van der Waals surface area contributed by atoms with Crippen LogP contribution in [-0.4, -0.2) is 30.7 Å². The SMILES string of the molecule is COc1cc(N[C@@H](C)CCCNC(C)C)c2ncccc2c1. The Morgan fingerprint density at radius 3 is 2.77 bits per heavy atom. The van der Waals surface area contributed by atoms with Gasteiger partial charge in [0.25, 0.3) is 0 Å². The maximum atomic E-state index is 5.39. The molecule has 2 aromatic rings. The summed E-state index contributed by atoms with van der Waals surface area (Å²) in [5.74, 6) is 0.858. The molecule has 2 N–H and O–H groups in total. The van der Waals surface area contributed by atoms with Gasteiger partial charge in [0, 0.05) is 29.7 Å². The summed E-state index contributed by atoms with van der Waals surface area (Å²) in [6, 6.07) is 9.00. The van der Waals surface area contributed by atoms with Crippen LogP contribution in [-0.2, 0) is 0 Å². The normalized spacial score (nSPS) is 12.6. The van der Waals surface area contributed by atoms with Crippen molar-refractivity contribution in [1.29, 1.82) is 0 Å². The standard InChI is InChI=1S/C18H27N3O/c1-13(2)19-9-5-7-14(3)21-17-12-16(22-4)11-15-8-6-10-20-18(15)17/h6,8,10-14,19,21H,5,7,9H2,1-4H3/t14-/m0/s1. The highest BCUT2D eigenvalue weighted by Crippen LogP contribution is 2.28. The van der Waals surface area contributed by atoms with Crippen molar-refractivity contribution in [2.45, 2.75) is 45.7 Å². The predicted octanol–water partition coefficient (Wildman–Crippen LogP) is 3.82. The highest BCUT2D eigenvalue weighted by atomic mass is 16.5. The summed E-state index contributed by atoms with van der Waals surface area (Å²) in [5, 5.41) is 8.13. The van der Waals surface area contributed by atoms with Gasteiger partial charge in [0.2, 0.25) is 0 Å². The van der Waals surface area contributed by atoms with Gasteiger partial charge in [0.05, 0.1) is 18.3 Å².